The van der Waals surface area contributed by atoms with Crippen molar-refractivity contribution < 1.29 is 4.79 Å². The summed E-state index contributed by atoms with van der Waals surface area (Å²) in [5, 5.41) is 3.08. The molecule has 1 aliphatic rings. The van der Waals surface area contributed by atoms with Crippen molar-refractivity contribution in [2.45, 2.75) is 19.9 Å². The Bertz CT molecular complexity index is 917. The Balaban J connectivity index is 1.53. The molecule has 3 nitrogen and oxygen atoms in total. The van der Waals surface area contributed by atoms with E-state index in [9.17, 15) is 4.79 Å². The molecule has 128 valence electrons. The lowest BCUT2D eigenvalue weighted by Gasteiger charge is -2.41. The molecule has 2 aromatic carbocycles. The molecular weight excluding hydrogens is 328 g/mol. The van der Waals surface area contributed by atoms with Gasteiger partial charge in [-0.3, -0.25) is 4.79 Å². The summed E-state index contributed by atoms with van der Waals surface area (Å²) in [6.07, 6.45) is 0. The minimum Gasteiger partial charge on any atom is -0.365 e. The van der Waals surface area contributed by atoms with E-state index in [1.807, 2.05) is 28.5 Å². The first-order valence-electron chi connectivity index (χ1n) is 8.72. The summed E-state index contributed by atoms with van der Waals surface area (Å²) in [6, 6.07) is 17.1. The van der Waals surface area contributed by atoms with Crippen molar-refractivity contribution in [3.05, 3.63) is 65.0 Å². The molecule has 2 heterocycles. The van der Waals surface area contributed by atoms with Crippen LogP contribution in [0.3, 0.4) is 0 Å². The third-order valence-corrected chi connectivity index (χ3v) is 5.92. The molecular formula is C21H22N2OS. The van der Waals surface area contributed by atoms with Crippen LogP contribution in [0.15, 0.2) is 53.9 Å². The molecule has 0 N–H and O–H groups in total. The van der Waals surface area contributed by atoms with Gasteiger partial charge in [0, 0.05) is 46.8 Å². The molecule has 25 heavy (non-hydrogen) atoms. The monoisotopic (exact) mass is 350 g/mol. The maximum Gasteiger partial charge on any atom is 0.255 e. The van der Waals surface area contributed by atoms with Crippen LogP contribution < -0.4 is 4.90 Å². The Morgan fingerprint density at radius 2 is 1.96 bits per heavy atom. The van der Waals surface area contributed by atoms with Crippen LogP contribution >= 0.6 is 11.3 Å². The van der Waals surface area contributed by atoms with Crippen molar-refractivity contribution >= 4 is 33.0 Å². The van der Waals surface area contributed by atoms with E-state index < -0.39 is 0 Å². The van der Waals surface area contributed by atoms with Crippen LogP contribution in [0.5, 0.6) is 0 Å². The minimum atomic E-state index is 0.160. The molecule has 0 unspecified atom stereocenters. The number of amides is 1. The summed E-state index contributed by atoms with van der Waals surface area (Å²) in [5.74, 6) is 0.160. The predicted molar refractivity (Wildman–Crippen MR) is 106 cm³/mol. The quantitative estimate of drug-likeness (QED) is 0.676. The second kappa shape index (κ2) is 6.52. The summed E-state index contributed by atoms with van der Waals surface area (Å²) in [6.45, 7) is 6.72. The van der Waals surface area contributed by atoms with Crippen LogP contribution in [-0.2, 0) is 0 Å². The summed E-state index contributed by atoms with van der Waals surface area (Å²) >= 11 is 1.65. The van der Waals surface area contributed by atoms with Crippen LogP contribution in [0.25, 0.3) is 10.1 Å². The first-order chi connectivity index (χ1) is 12.1. The minimum absolute atomic E-state index is 0.160. The number of carbonyl (C=O) groups excluding carboxylic acids is 1. The standard InChI is InChI=1S/C21H22N2OS/c1-15-6-5-7-17(12-15)23-11-10-22(13-16(23)2)21(24)19-14-25-20-9-4-3-8-18(19)20/h3-9,12,14,16H,10-11,13H2,1-2H3/t16-/m0/s1. The maximum absolute atomic E-state index is 13.0. The van der Waals surface area contributed by atoms with Gasteiger partial charge in [-0.25, -0.2) is 0 Å². The molecule has 3 aromatic rings. The van der Waals surface area contributed by atoms with Gasteiger partial charge < -0.3 is 9.80 Å². The zero-order chi connectivity index (χ0) is 17.4. The van der Waals surface area contributed by atoms with Gasteiger partial charge in [0.25, 0.3) is 5.91 Å². The third kappa shape index (κ3) is 3.02. The number of nitrogens with zero attached hydrogens (tertiary/aromatic N) is 2. The zero-order valence-corrected chi connectivity index (χ0v) is 15.4. The van der Waals surface area contributed by atoms with Crippen molar-refractivity contribution in [3.63, 3.8) is 0 Å². The van der Waals surface area contributed by atoms with E-state index in [4.69, 9.17) is 0 Å². The van der Waals surface area contributed by atoms with Gasteiger partial charge in [-0.2, -0.15) is 0 Å². The lowest BCUT2D eigenvalue weighted by molar-refractivity contribution is 0.0729. The predicted octanol–water partition coefficient (Wildman–Crippen LogP) is 4.56. The smallest absolute Gasteiger partial charge is 0.255 e. The van der Waals surface area contributed by atoms with Crippen molar-refractivity contribution in [3.8, 4) is 0 Å². The van der Waals surface area contributed by atoms with E-state index in [1.165, 1.54) is 16.0 Å². The molecule has 0 aliphatic carbocycles. The van der Waals surface area contributed by atoms with Gasteiger partial charge in [0.15, 0.2) is 0 Å². The number of aryl methyl sites for hydroxylation is 1. The van der Waals surface area contributed by atoms with Gasteiger partial charge in [-0.05, 0) is 37.6 Å². The summed E-state index contributed by atoms with van der Waals surface area (Å²) < 4.78 is 1.18. The van der Waals surface area contributed by atoms with Crippen LogP contribution in [0.1, 0.15) is 22.8 Å². The Labute approximate surface area is 152 Å². The molecule has 0 spiro atoms. The van der Waals surface area contributed by atoms with Crippen molar-refractivity contribution in [1.29, 1.82) is 0 Å². The second-order valence-electron chi connectivity index (χ2n) is 6.78. The first-order valence-corrected chi connectivity index (χ1v) is 9.60. The molecule has 1 amide bonds. The average Bonchev–Trinajstić information content (AvgIpc) is 3.05. The number of benzene rings is 2. The van der Waals surface area contributed by atoms with Gasteiger partial charge in [-0.15, -0.1) is 11.3 Å². The van der Waals surface area contributed by atoms with E-state index in [2.05, 4.69) is 49.1 Å². The Morgan fingerprint density at radius 3 is 2.76 bits per heavy atom. The molecule has 0 radical (unpaired) electrons. The van der Waals surface area contributed by atoms with E-state index in [-0.39, 0.29) is 5.91 Å². The molecule has 1 fully saturated rings. The SMILES string of the molecule is Cc1cccc(N2CCN(C(=O)c3csc4ccccc34)C[C@@H]2C)c1. The number of rotatable bonds is 2. The fourth-order valence-corrected chi connectivity index (χ4v) is 4.58. The van der Waals surface area contributed by atoms with Crippen LogP contribution in [-0.4, -0.2) is 36.5 Å². The number of piperazine rings is 1. The van der Waals surface area contributed by atoms with Crippen molar-refractivity contribution in [2.24, 2.45) is 0 Å². The molecule has 0 bridgehead atoms. The van der Waals surface area contributed by atoms with E-state index in [0.717, 1.165) is 30.6 Å². The van der Waals surface area contributed by atoms with Crippen molar-refractivity contribution in [2.75, 3.05) is 24.5 Å². The highest BCUT2D eigenvalue weighted by Gasteiger charge is 2.28. The molecule has 1 aromatic heterocycles. The van der Waals surface area contributed by atoms with Gasteiger partial charge in [0.05, 0.1) is 5.56 Å². The van der Waals surface area contributed by atoms with E-state index >= 15 is 0 Å². The highest BCUT2D eigenvalue weighted by molar-refractivity contribution is 7.17. The number of hydrogen-bond donors (Lipinski definition) is 0. The summed E-state index contributed by atoms with van der Waals surface area (Å²) in [7, 11) is 0. The fraction of sp³-hybridized carbons (Fsp3) is 0.286. The zero-order valence-electron chi connectivity index (χ0n) is 14.6. The lowest BCUT2D eigenvalue weighted by atomic mass is 10.1. The third-order valence-electron chi connectivity index (χ3n) is 4.96. The average molecular weight is 350 g/mol. The summed E-state index contributed by atoms with van der Waals surface area (Å²) in [4.78, 5) is 17.4. The second-order valence-corrected chi connectivity index (χ2v) is 7.69. The van der Waals surface area contributed by atoms with Crippen LogP contribution in [0.4, 0.5) is 5.69 Å². The Morgan fingerprint density at radius 1 is 1.12 bits per heavy atom. The summed E-state index contributed by atoms with van der Waals surface area (Å²) in [5.41, 5.74) is 3.37. The molecule has 1 aliphatic heterocycles. The molecule has 1 saturated heterocycles. The highest BCUT2D eigenvalue weighted by Crippen LogP contribution is 2.28. The fourth-order valence-electron chi connectivity index (χ4n) is 3.65. The largest absolute Gasteiger partial charge is 0.365 e. The van der Waals surface area contributed by atoms with Gasteiger partial charge in [-0.1, -0.05) is 30.3 Å². The van der Waals surface area contributed by atoms with Gasteiger partial charge >= 0.3 is 0 Å². The topological polar surface area (TPSA) is 23.6 Å². The van der Waals surface area contributed by atoms with Crippen LogP contribution in [0, 0.1) is 6.92 Å². The first kappa shape index (κ1) is 16.2. The highest BCUT2D eigenvalue weighted by atomic mass is 32.1. The number of hydrogen-bond acceptors (Lipinski definition) is 3. The normalized spacial score (nSPS) is 17.9. The maximum atomic E-state index is 13.0. The van der Waals surface area contributed by atoms with E-state index in [1.54, 1.807) is 11.3 Å². The lowest BCUT2D eigenvalue weighted by Crippen LogP contribution is -2.53. The van der Waals surface area contributed by atoms with Crippen LogP contribution in [0.2, 0.25) is 0 Å². The molecule has 4 rings (SSSR count). The number of fused-ring (bicyclic) bond motifs is 1. The van der Waals surface area contributed by atoms with Gasteiger partial charge in [0.2, 0.25) is 0 Å². The van der Waals surface area contributed by atoms with E-state index in [0.29, 0.717) is 6.04 Å². The molecule has 4 heteroatoms. The number of carbonyl (C=O) groups is 1. The molecule has 1 atom stereocenters. The molecule has 0 saturated carbocycles. The number of thiophene rings is 1. The van der Waals surface area contributed by atoms with Crippen molar-refractivity contribution in [1.82, 2.24) is 4.90 Å². The number of anilines is 1. The Kier molecular flexibility index (Phi) is 4.22. The Hall–Kier alpha value is -2.33. The van der Waals surface area contributed by atoms with Gasteiger partial charge in [0.1, 0.15) is 0 Å².